The second-order valence-corrected chi connectivity index (χ2v) is 5.99. The molecule has 1 saturated heterocycles. The summed E-state index contributed by atoms with van der Waals surface area (Å²) in [6, 6.07) is 0. The number of aromatic nitrogens is 1. The van der Waals surface area contributed by atoms with Gasteiger partial charge in [-0.1, -0.05) is 0 Å². The van der Waals surface area contributed by atoms with Crippen LogP contribution in [0.5, 0.6) is 0 Å². The van der Waals surface area contributed by atoms with Crippen molar-refractivity contribution in [3.8, 4) is 0 Å². The first-order valence-electron chi connectivity index (χ1n) is 7.03. The molecule has 1 aliphatic rings. The van der Waals surface area contributed by atoms with Gasteiger partial charge in [-0.3, -0.25) is 0 Å². The molecule has 5 nitrogen and oxygen atoms in total. The van der Waals surface area contributed by atoms with Crippen LogP contribution in [0, 0.1) is 5.92 Å². The number of rotatable bonds is 7. The van der Waals surface area contributed by atoms with Crippen molar-refractivity contribution in [3.63, 3.8) is 0 Å². The summed E-state index contributed by atoms with van der Waals surface area (Å²) in [4.78, 5) is 7.98. The largest absolute Gasteiger partial charge is 0.391 e. The van der Waals surface area contributed by atoms with E-state index in [0.29, 0.717) is 5.92 Å². The van der Waals surface area contributed by atoms with Gasteiger partial charge in [0.1, 0.15) is 0 Å². The third kappa shape index (κ3) is 4.56. The Bertz CT molecular complexity index is 386. The Kier molecular flexibility index (Phi) is 7.76. The highest BCUT2D eigenvalue weighted by atomic mass is 35.5. The second-order valence-electron chi connectivity index (χ2n) is 4.90. The molecule has 0 spiro atoms. The first-order chi connectivity index (χ1) is 9.24. The lowest BCUT2D eigenvalue weighted by molar-refractivity contribution is 0.146. The minimum Gasteiger partial charge on any atom is -0.391 e. The topological polar surface area (TPSA) is 60.4 Å². The molecule has 0 aliphatic carbocycles. The molecule has 3 N–H and O–H groups in total. The number of aliphatic hydroxyl groups excluding tert-OH is 1. The van der Waals surface area contributed by atoms with Gasteiger partial charge in [-0.2, -0.15) is 0 Å². The molecule has 1 fully saturated rings. The van der Waals surface area contributed by atoms with Crippen molar-refractivity contribution >= 4 is 28.9 Å². The van der Waals surface area contributed by atoms with Gasteiger partial charge in [0.15, 0.2) is 5.13 Å². The highest BCUT2D eigenvalue weighted by Gasteiger charge is 2.24. The van der Waals surface area contributed by atoms with Crippen LogP contribution in [0.25, 0.3) is 0 Å². The molecule has 0 aromatic carbocycles. The predicted molar refractivity (Wildman–Crippen MR) is 87.0 cm³/mol. The molecule has 0 bridgehead atoms. The Balaban J connectivity index is 0.00000200. The lowest BCUT2D eigenvalue weighted by Crippen LogP contribution is -2.29. The van der Waals surface area contributed by atoms with E-state index in [1.165, 1.54) is 4.88 Å². The van der Waals surface area contributed by atoms with Crippen LogP contribution in [-0.4, -0.2) is 48.9 Å². The Labute approximate surface area is 131 Å². The lowest BCUT2D eigenvalue weighted by atomic mass is 10.1. The van der Waals surface area contributed by atoms with E-state index in [9.17, 15) is 5.11 Å². The molecule has 7 heteroatoms. The summed E-state index contributed by atoms with van der Waals surface area (Å²) < 4.78 is 0. The van der Waals surface area contributed by atoms with E-state index < -0.39 is 0 Å². The number of hydrogen-bond donors (Lipinski definition) is 3. The van der Waals surface area contributed by atoms with E-state index >= 15 is 0 Å². The van der Waals surface area contributed by atoms with E-state index in [-0.39, 0.29) is 18.5 Å². The minimum atomic E-state index is -0.208. The van der Waals surface area contributed by atoms with Gasteiger partial charge in [-0.05, 0) is 13.8 Å². The zero-order valence-electron chi connectivity index (χ0n) is 12.1. The van der Waals surface area contributed by atoms with E-state index in [1.54, 1.807) is 11.3 Å². The molecule has 2 rings (SSSR count). The van der Waals surface area contributed by atoms with Gasteiger partial charge >= 0.3 is 0 Å². The van der Waals surface area contributed by atoms with Crippen molar-refractivity contribution in [1.29, 1.82) is 0 Å². The summed E-state index contributed by atoms with van der Waals surface area (Å²) in [6.07, 6.45) is 1.74. The van der Waals surface area contributed by atoms with Crippen LogP contribution in [0.1, 0.15) is 18.7 Å². The monoisotopic (exact) mass is 320 g/mol. The molecular formula is C13H25ClN4OS. The summed E-state index contributed by atoms with van der Waals surface area (Å²) >= 11 is 1.75. The molecule has 116 valence electrons. The van der Waals surface area contributed by atoms with Crippen LogP contribution in [-0.2, 0) is 6.54 Å². The van der Waals surface area contributed by atoms with Crippen molar-refractivity contribution in [1.82, 2.24) is 15.6 Å². The molecule has 2 unspecified atom stereocenters. The average Bonchev–Trinajstić information content (AvgIpc) is 3.02. The summed E-state index contributed by atoms with van der Waals surface area (Å²) in [7, 11) is 0. The highest BCUT2D eigenvalue weighted by Crippen LogP contribution is 2.22. The zero-order chi connectivity index (χ0) is 13.7. The quantitative estimate of drug-likeness (QED) is 0.702. The van der Waals surface area contributed by atoms with Gasteiger partial charge in [0.25, 0.3) is 0 Å². The van der Waals surface area contributed by atoms with Crippen LogP contribution in [0.15, 0.2) is 6.20 Å². The fourth-order valence-electron chi connectivity index (χ4n) is 2.33. The highest BCUT2D eigenvalue weighted by molar-refractivity contribution is 7.15. The maximum atomic E-state index is 9.71. The molecule has 1 aromatic rings. The molecule has 0 radical (unpaired) electrons. The molecule has 1 aliphatic heterocycles. The summed E-state index contributed by atoms with van der Waals surface area (Å²) in [5.41, 5.74) is 0. The molecule has 2 atom stereocenters. The predicted octanol–water partition coefficient (Wildman–Crippen LogP) is 1.08. The van der Waals surface area contributed by atoms with Crippen LogP contribution in [0.4, 0.5) is 5.13 Å². The Morgan fingerprint density at radius 2 is 2.20 bits per heavy atom. The van der Waals surface area contributed by atoms with Gasteiger partial charge in [0.2, 0.25) is 0 Å². The Morgan fingerprint density at radius 3 is 2.80 bits per heavy atom. The third-order valence-corrected chi connectivity index (χ3v) is 4.64. The molecule has 0 saturated carbocycles. The second kappa shape index (κ2) is 8.79. The number of thiazole rings is 1. The van der Waals surface area contributed by atoms with Crippen molar-refractivity contribution in [2.45, 2.75) is 26.5 Å². The first-order valence-corrected chi connectivity index (χ1v) is 7.85. The number of nitrogens with one attached hydrogen (secondary N) is 2. The van der Waals surface area contributed by atoms with Gasteiger partial charge < -0.3 is 20.6 Å². The number of anilines is 1. The van der Waals surface area contributed by atoms with Gasteiger partial charge in [-0.15, -0.1) is 23.7 Å². The fourth-order valence-corrected chi connectivity index (χ4v) is 3.33. The third-order valence-electron chi connectivity index (χ3n) is 3.59. The van der Waals surface area contributed by atoms with Crippen LogP contribution < -0.4 is 15.5 Å². The first kappa shape index (κ1) is 17.7. The summed E-state index contributed by atoms with van der Waals surface area (Å²) in [5, 5.41) is 17.4. The molecule has 2 heterocycles. The summed E-state index contributed by atoms with van der Waals surface area (Å²) in [6.45, 7) is 9.61. The average molecular weight is 321 g/mol. The number of aliphatic hydroxyl groups is 1. The summed E-state index contributed by atoms with van der Waals surface area (Å²) in [5.74, 6) is 0.329. The number of β-amino-alcohol motifs (C(OH)–C–C–N with tert-alkyl or cyclic N) is 1. The van der Waals surface area contributed by atoms with Crippen molar-refractivity contribution in [3.05, 3.63) is 11.1 Å². The minimum absolute atomic E-state index is 0. The van der Waals surface area contributed by atoms with E-state index in [1.807, 2.05) is 6.20 Å². The van der Waals surface area contributed by atoms with E-state index in [2.05, 4.69) is 34.4 Å². The van der Waals surface area contributed by atoms with Gasteiger partial charge in [-0.25, -0.2) is 4.98 Å². The maximum absolute atomic E-state index is 9.71. The Morgan fingerprint density at radius 1 is 1.45 bits per heavy atom. The molecule has 1 aromatic heterocycles. The number of halogens is 1. The van der Waals surface area contributed by atoms with E-state index in [4.69, 9.17) is 0 Å². The van der Waals surface area contributed by atoms with Crippen LogP contribution >= 0.6 is 23.7 Å². The van der Waals surface area contributed by atoms with Crippen LogP contribution in [0.2, 0.25) is 0 Å². The zero-order valence-corrected chi connectivity index (χ0v) is 13.8. The van der Waals surface area contributed by atoms with Crippen LogP contribution in [0.3, 0.4) is 0 Å². The lowest BCUT2D eigenvalue weighted by Gasteiger charge is -2.16. The smallest absolute Gasteiger partial charge is 0.185 e. The fraction of sp³-hybridized carbons (Fsp3) is 0.769. The van der Waals surface area contributed by atoms with Gasteiger partial charge in [0.05, 0.1) is 6.10 Å². The maximum Gasteiger partial charge on any atom is 0.185 e. The Hall–Kier alpha value is -0.400. The molecular weight excluding hydrogens is 296 g/mol. The standard InChI is InChI=1S/C13H24N4OS.ClH/c1-3-17(4-2)13-16-8-11(19-13)7-14-5-10-6-15-9-12(10)18;/h8,10,12,14-15,18H,3-7,9H2,1-2H3;1H. The number of nitrogens with zero attached hydrogens (tertiary/aromatic N) is 2. The van der Waals surface area contributed by atoms with E-state index in [0.717, 1.165) is 44.4 Å². The van der Waals surface area contributed by atoms with Crippen molar-refractivity contribution in [2.24, 2.45) is 5.92 Å². The van der Waals surface area contributed by atoms with Crippen molar-refractivity contribution < 1.29 is 5.11 Å². The van der Waals surface area contributed by atoms with Crippen molar-refractivity contribution in [2.75, 3.05) is 37.6 Å². The SMILES string of the molecule is CCN(CC)c1ncc(CNCC2CNCC2O)s1.Cl. The van der Waals surface area contributed by atoms with Gasteiger partial charge in [0, 0.05) is 56.3 Å². The normalized spacial score (nSPS) is 21.8. The molecule has 0 amide bonds. The number of hydrogen-bond acceptors (Lipinski definition) is 6. The molecule has 20 heavy (non-hydrogen) atoms.